The molecule has 268 valence electrons. The highest BCUT2D eigenvalue weighted by Crippen LogP contribution is 2.29. The van der Waals surface area contributed by atoms with Crippen LogP contribution in [0.4, 0.5) is 0 Å². The van der Waals surface area contributed by atoms with Gasteiger partial charge in [0.1, 0.15) is 26.4 Å². The van der Waals surface area contributed by atoms with Gasteiger partial charge in [0, 0.05) is 53.9 Å². The van der Waals surface area contributed by atoms with E-state index in [0.29, 0.717) is 0 Å². The van der Waals surface area contributed by atoms with Crippen LogP contribution >= 0.6 is 0 Å². The molecular weight excluding hydrogens is 670 g/mol. The van der Waals surface area contributed by atoms with Crippen molar-refractivity contribution in [2.45, 2.75) is 13.2 Å². The van der Waals surface area contributed by atoms with E-state index in [2.05, 4.69) is 27.1 Å². The Morgan fingerprint density at radius 1 is 0.415 bits per heavy atom. The fourth-order valence-electron chi connectivity index (χ4n) is 5.51. The Morgan fingerprint density at radius 3 is 1.19 bits per heavy atom. The van der Waals surface area contributed by atoms with E-state index in [0.717, 1.165) is 55.6 Å². The van der Waals surface area contributed by atoms with Crippen LogP contribution in [0.25, 0.3) is 44.5 Å². The number of pyridine rings is 3. The number of ether oxygens (including phenoxy) is 5. The summed E-state index contributed by atoms with van der Waals surface area (Å²) in [5.41, 5.74) is 9.56. The maximum Gasteiger partial charge on any atom is 0.332 e. The molecule has 0 saturated carbocycles. The molecule has 0 aliphatic rings. The molecule has 0 unspecified atom stereocenters. The predicted octanol–water partition coefficient (Wildman–Crippen LogP) is 7.38. The highest BCUT2D eigenvalue weighted by atomic mass is 16.6. The summed E-state index contributed by atoms with van der Waals surface area (Å²) in [6.07, 6.45) is 10.6. The number of nitrogens with zero attached hydrogens (tertiary/aromatic N) is 3. The highest BCUT2D eigenvalue weighted by molar-refractivity contribution is 5.76. The van der Waals surface area contributed by atoms with Crippen LogP contribution in [0.5, 0.6) is 0 Å². The topological polar surface area (TPSA) is 119 Å². The second-order valence-corrected chi connectivity index (χ2v) is 12.0. The van der Waals surface area contributed by atoms with Crippen LogP contribution in [0.2, 0.25) is 0 Å². The first-order chi connectivity index (χ1) is 26.1. The van der Waals surface area contributed by atoms with Crippen molar-refractivity contribution in [3.05, 3.63) is 151 Å². The molecule has 10 nitrogen and oxygen atoms in total. The zero-order chi connectivity index (χ0) is 36.5. The Labute approximate surface area is 308 Å². The second kappa shape index (κ2) is 19.5. The van der Waals surface area contributed by atoms with Crippen LogP contribution in [0.1, 0.15) is 11.1 Å². The van der Waals surface area contributed by atoms with E-state index in [1.807, 2.05) is 97.2 Å². The molecule has 0 atom stereocenters. The standard InChI is InChI=1S/C43H39N3O7/c47-42(52-28-32-19-38(34-7-2-1-3-8-34)23-39(20-32)35-9-4-12-44-25-35)30-50-17-15-49-16-18-51-31-43(48)53-29-33-21-40(36-10-5-13-45-26-36)24-41(22-33)37-11-6-14-46-27-37/h1-14,19-27H,15-18,28-31H2. The predicted molar refractivity (Wildman–Crippen MR) is 200 cm³/mol. The average Bonchev–Trinajstić information content (AvgIpc) is 3.22. The highest BCUT2D eigenvalue weighted by Gasteiger charge is 2.11. The van der Waals surface area contributed by atoms with Crippen LogP contribution in [-0.2, 0) is 46.5 Å². The van der Waals surface area contributed by atoms with E-state index in [9.17, 15) is 9.59 Å². The number of benzene rings is 3. The SMILES string of the molecule is O=C(COCCOCCOCC(=O)OCc1cc(-c2cccnc2)cc(-c2cccnc2)c1)OCc1cc(-c2ccccc2)cc(-c2cccnc2)c1. The van der Waals surface area contributed by atoms with Gasteiger partial charge in [-0.15, -0.1) is 0 Å². The molecule has 0 amide bonds. The van der Waals surface area contributed by atoms with Gasteiger partial charge in [-0.05, 0) is 93.5 Å². The van der Waals surface area contributed by atoms with E-state index < -0.39 is 11.9 Å². The molecule has 3 aromatic carbocycles. The number of rotatable bonds is 18. The first-order valence-corrected chi connectivity index (χ1v) is 17.2. The summed E-state index contributed by atoms with van der Waals surface area (Å²) in [5.74, 6) is -0.960. The molecule has 3 heterocycles. The Balaban J connectivity index is 0.866. The Morgan fingerprint density at radius 2 is 0.792 bits per heavy atom. The van der Waals surface area contributed by atoms with E-state index in [1.54, 1.807) is 31.0 Å². The van der Waals surface area contributed by atoms with Gasteiger partial charge in [-0.2, -0.15) is 0 Å². The molecule has 0 spiro atoms. The quantitative estimate of drug-likeness (QED) is 0.0661. The summed E-state index contributed by atoms with van der Waals surface area (Å²) in [7, 11) is 0. The maximum atomic E-state index is 12.4. The first kappa shape index (κ1) is 36.7. The molecule has 53 heavy (non-hydrogen) atoms. The fourth-order valence-corrected chi connectivity index (χ4v) is 5.51. The van der Waals surface area contributed by atoms with E-state index in [4.69, 9.17) is 23.7 Å². The Kier molecular flexibility index (Phi) is 13.5. The van der Waals surface area contributed by atoms with Gasteiger partial charge < -0.3 is 23.7 Å². The molecule has 6 aromatic rings. The lowest BCUT2D eigenvalue weighted by molar-refractivity contribution is -0.150. The maximum absolute atomic E-state index is 12.4. The number of hydrogen-bond donors (Lipinski definition) is 0. The van der Waals surface area contributed by atoms with Gasteiger partial charge in [-0.1, -0.05) is 48.5 Å². The smallest absolute Gasteiger partial charge is 0.332 e. The lowest BCUT2D eigenvalue weighted by atomic mass is 9.97. The monoisotopic (exact) mass is 709 g/mol. The van der Waals surface area contributed by atoms with E-state index in [1.165, 1.54) is 0 Å². The number of aromatic nitrogens is 3. The van der Waals surface area contributed by atoms with Crippen molar-refractivity contribution in [1.29, 1.82) is 0 Å². The molecule has 0 N–H and O–H groups in total. The van der Waals surface area contributed by atoms with Gasteiger partial charge in [-0.25, -0.2) is 9.59 Å². The summed E-state index contributed by atoms with van der Waals surface area (Å²) in [6.45, 7) is 0.687. The lowest BCUT2D eigenvalue weighted by Gasteiger charge is -2.12. The third kappa shape index (κ3) is 11.5. The summed E-state index contributed by atoms with van der Waals surface area (Å²) < 4.78 is 27.4. The van der Waals surface area contributed by atoms with Crippen molar-refractivity contribution in [1.82, 2.24) is 15.0 Å². The van der Waals surface area contributed by atoms with Crippen LogP contribution in [-0.4, -0.2) is 66.5 Å². The molecular formula is C43H39N3O7. The van der Waals surface area contributed by atoms with Crippen molar-refractivity contribution < 1.29 is 33.3 Å². The summed E-state index contributed by atoms with van der Waals surface area (Å²) in [6, 6.07) is 33.8. The average molecular weight is 710 g/mol. The lowest BCUT2D eigenvalue weighted by Crippen LogP contribution is -2.17. The summed E-state index contributed by atoms with van der Waals surface area (Å²) >= 11 is 0. The number of esters is 2. The van der Waals surface area contributed by atoms with Crippen molar-refractivity contribution in [2.24, 2.45) is 0 Å². The summed E-state index contributed by atoms with van der Waals surface area (Å²) in [5, 5.41) is 0. The van der Waals surface area contributed by atoms with Crippen LogP contribution < -0.4 is 0 Å². The molecule has 0 aliphatic carbocycles. The Hall–Kier alpha value is -6.07. The molecule has 0 fully saturated rings. The minimum Gasteiger partial charge on any atom is -0.459 e. The third-order valence-electron chi connectivity index (χ3n) is 8.06. The zero-order valence-electron chi connectivity index (χ0n) is 29.1. The molecule has 0 radical (unpaired) electrons. The van der Waals surface area contributed by atoms with Crippen molar-refractivity contribution >= 4 is 11.9 Å². The van der Waals surface area contributed by atoms with Gasteiger partial charge in [-0.3, -0.25) is 15.0 Å². The fraction of sp³-hybridized carbons (Fsp3) is 0.186. The third-order valence-corrected chi connectivity index (χ3v) is 8.06. The van der Waals surface area contributed by atoms with Crippen molar-refractivity contribution in [3.63, 3.8) is 0 Å². The molecule has 6 rings (SSSR count). The zero-order valence-corrected chi connectivity index (χ0v) is 29.1. The van der Waals surface area contributed by atoms with Gasteiger partial charge in [0.25, 0.3) is 0 Å². The Bertz CT molecular complexity index is 1780. The van der Waals surface area contributed by atoms with Crippen LogP contribution in [0, 0.1) is 0 Å². The molecule has 3 aromatic heterocycles. The van der Waals surface area contributed by atoms with Crippen LogP contribution in [0.3, 0.4) is 0 Å². The molecule has 0 saturated heterocycles. The normalized spacial score (nSPS) is 10.9. The largest absolute Gasteiger partial charge is 0.459 e. The molecule has 0 bridgehead atoms. The molecule has 10 heteroatoms. The number of carbonyl (C=O) groups excluding carboxylic acids is 2. The minimum atomic E-state index is -0.485. The van der Waals surface area contributed by atoms with Crippen molar-refractivity contribution in [2.75, 3.05) is 39.6 Å². The second-order valence-electron chi connectivity index (χ2n) is 12.0. The van der Waals surface area contributed by atoms with Gasteiger partial charge in [0.15, 0.2) is 0 Å². The van der Waals surface area contributed by atoms with Crippen molar-refractivity contribution in [3.8, 4) is 44.5 Å². The first-order valence-electron chi connectivity index (χ1n) is 17.2. The van der Waals surface area contributed by atoms with Gasteiger partial charge in [0.05, 0.1) is 26.4 Å². The minimum absolute atomic E-state index is 0.0896. The van der Waals surface area contributed by atoms with Crippen LogP contribution in [0.15, 0.2) is 140 Å². The summed E-state index contributed by atoms with van der Waals surface area (Å²) in [4.78, 5) is 37.5. The van der Waals surface area contributed by atoms with Gasteiger partial charge >= 0.3 is 11.9 Å². The van der Waals surface area contributed by atoms with E-state index >= 15 is 0 Å². The van der Waals surface area contributed by atoms with Gasteiger partial charge in [0.2, 0.25) is 0 Å². The number of hydrogen-bond acceptors (Lipinski definition) is 10. The molecule has 0 aliphatic heterocycles. The van der Waals surface area contributed by atoms with E-state index in [-0.39, 0.29) is 52.9 Å². The number of carbonyl (C=O) groups is 2.